The van der Waals surface area contributed by atoms with E-state index in [0.29, 0.717) is 18.8 Å². The number of fused-ring (bicyclic) bond motifs is 2. The second-order valence-electron chi connectivity index (χ2n) is 6.25. The van der Waals surface area contributed by atoms with E-state index < -0.39 is 11.4 Å². The van der Waals surface area contributed by atoms with Gasteiger partial charge in [0.05, 0.1) is 36.8 Å². The number of nitrogens with zero attached hydrogens (tertiary/aromatic N) is 4. The Kier molecular flexibility index (Phi) is 4.36. The number of likely N-dealkylation sites (tertiary alicyclic amines) is 1. The van der Waals surface area contributed by atoms with Gasteiger partial charge in [0, 0.05) is 13.1 Å². The third-order valence-corrected chi connectivity index (χ3v) is 6.46. The van der Waals surface area contributed by atoms with Gasteiger partial charge < -0.3 is 14.2 Å². The summed E-state index contributed by atoms with van der Waals surface area (Å²) in [7, 11) is 1.61. The predicted molar refractivity (Wildman–Crippen MR) is 90.3 cm³/mol. The summed E-state index contributed by atoms with van der Waals surface area (Å²) in [5.74, 6) is 0.643. The first-order chi connectivity index (χ1) is 12.2. The highest BCUT2D eigenvalue weighted by Gasteiger charge is 2.48. The Morgan fingerprint density at radius 1 is 1.28 bits per heavy atom. The van der Waals surface area contributed by atoms with Crippen LogP contribution in [0.2, 0.25) is 0 Å². The molecule has 3 atom stereocenters. The van der Waals surface area contributed by atoms with Gasteiger partial charge in [0.2, 0.25) is 0 Å². The van der Waals surface area contributed by atoms with Crippen LogP contribution < -0.4 is 4.74 Å². The topological polar surface area (TPSA) is 97.4 Å². The maximum Gasteiger partial charge on any atom is 0.273 e. The summed E-state index contributed by atoms with van der Waals surface area (Å²) in [5.41, 5.74) is 0.393. The molecule has 0 saturated carbocycles. The lowest BCUT2D eigenvalue weighted by atomic mass is 10.2. The van der Waals surface area contributed by atoms with Crippen molar-refractivity contribution in [3.8, 4) is 5.75 Å². The lowest BCUT2D eigenvalue weighted by Gasteiger charge is -2.39. The number of piperazine rings is 1. The van der Waals surface area contributed by atoms with E-state index in [1.165, 1.54) is 6.20 Å². The van der Waals surface area contributed by atoms with Crippen molar-refractivity contribution in [2.75, 3.05) is 20.2 Å². The molecule has 1 aromatic carbocycles. The normalized spacial score (nSPS) is 24.3. The van der Waals surface area contributed by atoms with Gasteiger partial charge in [0.25, 0.3) is 5.91 Å². The molecule has 2 aliphatic rings. The molecule has 0 aliphatic carbocycles. The van der Waals surface area contributed by atoms with Gasteiger partial charge in [-0.3, -0.25) is 9.89 Å². The first kappa shape index (κ1) is 16.4. The number of ether oxygens (including phenoxy) is 1. The second-order valence-corrected chi connectivity index (χ2v) is 7.64. The lowest BCUT2D eigenvalue weighted by molar-refractivity contribution is 0.0609. The third-order valence-electron chi connectivity index (χ3n) is 4.80. The monoisotopic (exact) mass is 361 g/mol. The molecular weight excluding hydrogens is 342 g/mol. The largest absolute Gasteiger partial charge is 0.593 e. The van der Waals surface area contributed by atoms with E-state index in [0.717, 1.165) is 23.5 Å². The highest BCUT2D eigenvalue weighted by molar-refractivity contribution is 7.89. The number of aromatic amines is 1. The number of hydrogen-bond acceptors (Lipinski definition) is 6. The van der Waals surface area contributed by atoms with Crippen LogP contribution in [0.15, 0.2) is 35.4 Å². The van der Waals surface area contributed by atoms with Crippen LogP contribution in [0.5, 0.6) is 5.75 Å². The van der Waals surface area contributed by atoms with Crippen molar-refractivity contribution in [3.05, 3.63) is 36.2 Å². The molecule has 2 aliphatic heterocycles. The summed E-state index contributed by atoms with van der Waals surface area (Å²) < 4.78 is 20.2. The van der Waals surface area contributed by atoms with E-state index in [-0.39, 0.29) is 18.0 Å². The number of benzene rings is 1. The number of rotatable bonds is 4. The minimum Gasteiger partial charge on any atom is -0.593 e. The van der Waals surface area contributed by atoms with Crippen molar-refractivity contribution in [2.45, 2.75) is 29.8 Å². The quantitative estimate of drug-likeness (QED) is 0.810. The Morgan fingerprint density at radius 2 is 1.96 bits per heavy atom. The van der Waals surface area contributed by atoms with Crippen LogP contribution in [-0.2, 0) is 11.4 Å². The summed E-state index contributed by atoms with van der Waals surface area (Å²) in [5, 5.41) is 9.88. The van der Waals surface area contributed by atoms with E-state index in [1.807, 2.05) is 24.3 Å². The highest BCUT2D eigenvalue weighted by Crippen LogP contribution is 2.36. The zero-order valence-corrected chi connectivity index (χ0v) is 14.6. The Bertz CT molecular complexity index is 725. The fourth-order valence-electron chi connectivity index (χ4n) is 3.59. The Labute approximate surface area is 148 Å². The molecule has 1 N–H and O–H groups in total. The fraction of sp³-hybridized carbons (Fsp3) is 0.438. The standard InChI is InChI=1S/C16H19N5O3S/c1-24-13-4-6-14(7-5-13)25(23)21-11-2-3-12(21)10-20(9-11)16(22)15-8-17-19-18-15/h4-8,11-12H,2-3,9-10H2,1H3,(H,17,18,19). The Morgan fingerprint density at radius 3 is 2.52 bits per heavy atom. The fourth-order valence-corrected chi connectivity index (χ4v) is 5.08. The molecule has 1 aromatic heterocycles. The SMILES string of the molecule is COc1ccc([S+]([O-])N2C3CCC2CN(C(=O)c2cnn[nH]2)C3)cc1. The zero-order chi connectivity index (χ0) is 17.4. The highest BCUT2D eigenvalue weighted by atomic mass is 32.2. The third kappa shape index (κ3) is 2.99. The molecule has 132 valence electrons. The van der Waals surface area contributed by atoms with Gasteiger partial charge in [-0.25, -0.2) is 0 Å². The minimum atomic E-state index is -1.24. The first-order valence-electron chi connectivity index (χ1n) is 8.17. The molecule has 2 saturated heterocycles. The average molecular weight is 361 g/mol. The molecule has 9 heteroatoms. The van der Waals surface area contributed by atoms with Gasteiger partial charge in [0.15, 0.2) is 4.90 Å². The number of methoxy groups -OCH3 is 1. The summed E-state index contributed by atoms with van der Waals surface area (Å²) in [6.07, 6.45) is 3.32. The van der Waals surface area contributed by atoms with E-state index in [1.54, 1.807) is 12.0 Å². The van der Waals surface area contributed by atoms with E-state index >= 15 is 0 Å². The van der Waals surface area contributed by atoms with Crippen molar-refractivity contribution in [1.29, 1.82) is 0 Å². The average Bonchev–Trinajstić information content (AvgIpc) is 3.27. The van der Waals surface area contributed by atoms with E-state index in [2.05, 4.69) is 19.7 Å². The summed E-state index contributed by atoms with van der Waals surface area (Å²) >= 11 is -1.24. The molecule has 25 heavy (non-hydrogen) atoms. The van der Waals surface area contributed by atoms with Gasteiger partial charge in [-0.1, -0.05) is 5.21 Å². The van der Waals surface area contributed by atoms with Crippen molar-refractivity contribution in [2.24, 2.45) is 0 Å². The van der Waals surface area contributed by atoms with Gasteiger partial charge >= 0.3 is 0 Å². The summed E-state index contributed by atoms with van der Waals surface area (Å²) in [4.78, 5) is 15.1. The molecule has 1 amide bonds. The van der Waals surface area contributed by atoms with Crippen LogP contribution in [0, 0.1) is 0 Å². The molecule has 3 unspecified atom stereocenters. The van der Waals surface area contributed by atoms with Gasteiger partial charge in [-0.2, -0.15) is 0 Å². The van der Waals surface area contributed by atoms with Crippen LogP contribution in [0.1, 0.15) is 23.3 Å². The van der Waals surface area contributed by atoms with Crippen LogP contribution >= 0.6 is 0 Å². The predicted octanol–water partition coefficient (Wildman–Crippen LogP) is 0.825. The maximum atomic E-state index is 13.0. The molecule has 8 nitrogen and oxygen atoms in total. The lowest BCUT2D eigenvalue weighted by Crippen LogP contribution is -2.57. The number of hydrogen-bond donors (Lipinski definition) is 1. The molecule has 0 spiro atoms. The van der Waals surface area contributed by atoms with Crippen LogP contribution in [0.4, 0.5) is 0 Å². The molecule has 2 fully saturated rings. The zero-order valence-electron chi connectivity index (χ0n) is 13.8. The number of aromatic nitrogens is 3. The van der Waals surface area contributed by atoms with Crippen molar-refractivity contribution >= 4 is 17.3 Å². The molecule has 3 heterocycles. The number of nitrogens with one attached hydrogen (secondary N) is 1. The summed E-state index contributed by atoms with van der Waals surface area (Å²) in [6.45, 7) is 1.13. The van der Waals surface area contributed by atoms with E-state index in [4.69, 9.17) is 4.74 Å². The minimum absolute atomic E-state index is 0.0986. The summed E-state index contributed by atoms with van der Waals surface area (Å²) in [6, 6.07) is 7.51. The number of carbonyl (C=O) groups excluding carboxylic acids is 1. The smallest absolute Gasteiger partial charge is 0.273 e. The molecule has 0 radical (unpaired) electrons. The number of carbonyl (C=O) groups is 1. The van der Waals surface area contributed by atoms with Gasteiger partial charge in [-0.15, -0.1) is 9.40 Å². The van der Waals surface area contributed by atoms with Gasteiger partial charge in [0.1, 0.15) is 11.4 Å². The van der Waals surface area contributed by atoms with E-state index in [9.17, 15) is 9.35 Å². The second kappa shape index (κ2) is 6.66. The molecule has 4 rings (SSSR count). The Hall–Kier alpha value is -2.10. The van der Waals surface area contributed by atoms with Gasteiger partial charge in [-0.05, 0) is 37.1 Å². The number of H-pyrrole nitrogens is 1. The molecule has 2 bridgehead atoms. The Balaban J connectivity index is 1.49. The molecule has 2 aromatic rings. The first-order valence-corrected chi connectivity index (χ1v) is 9.27. The van der Waals surface area contributed by atoms with Crippen molar-refractivity contribution < 1.29 is 14.1 Å². The van der Waals surface area contributed by atoms with Crippen LogP contribution in [0.3, 0.4) is 0 Å². The maximum absolute atomic E-state index is 13.0. The molecular formula is C16H19N5O3S. The van der Waals surface area contributed by atoms with Crippen molar-refractivity contribution in [3.63, 3.8) is 0 Å². The van der Waals surface area contributed by atoms with Crippen LogP contribution in [0.25, 0.3) is 0 Å². The number of amides is 1. The van der Waals surface area contributed by atoms with Crippen molar-refractivity contribution in [1.82, 2.24) is 24.6 Å². The van der Waals surface area contributed by atoms with Crippen LogP contribution in [-0.4, -0.2) is 67.4 Å².